The zero-order valence-corrected chi connectivity index (χ0v) is 15.3. The van der Waals surface area contributed by atoms with Crippen LogP contribution in [0.1, 0.15) is 31.2 Å². The molecule has 0 bridgehead atoms. The van der Waals surface area contributed by atoms with Gasteiger partial charge in [0.2, 0.25) is 0 Å². The van der Waals surface area contributed by atoms with E-state index in [1.807, 2.05) is 47.8 Å². The van der Waals surface area contributed by atoms with Crippen molar-refractivity contribution in [2.75, 3.05) is 0 Å². The third-order valence-electron chi connectivity index (χ3n) is 2.90. The van der Waals surface area contributed by atoms with Crippen LogP contribution in [-0.2, 0) is 20.9 Å². The van der Waals surface area contributed by atoms with Crippen LogP contribution in [0.25, 0.3) is 6.08 Å². The van der Waals surface area contributed by atoms with Gasteiger partial charge in [0.15, 0.2) is 0 Å². The summed E-state index contributed by atoms with van der Waals surface area (Å²) in [5, 5.41) is 4.36. The number of benzene rings is 1. The SMILES string of the molecule is CC(C)(C)OC(=O)/C(=C/c1cccs1)NC(=O)OCc1ccccc1. The summed E-state index contributed by atoms with van der Waals surface area (Å²) >= 11 is 1.45. The highest BCUT2D eigenvalue weighted by molar-refractivity contribution is 7.10. The first-order chi connectivity index (χ1) is 11.8. The quantitative estimate of drug-likeness (QED) is 0.636. The highest BCUT2D eigenvalue weighted by Gasteiger charge is 2.22. The fourth-order valence-electron chi connectivity index (χ4n) is 1.86. The summed E-state index contributed by atoms with van der Waals surface area (Å²) in [6, 6.07) is 13.0. The first-order valence-corrected chi connectivity index (χ1v) is 8.68. The number of carbonyl (C=O) groups is 2. The Hall–Kier alpha value is -2.60. The van der Waals surface area contributed by atoms with E-state index in [1.54, 1.807) is 26.8 Å². The molecule has 0 fully saturated rings. The summed E-state index contributed by atoms with van der Waals surface area (Å²) in [7, 11) is 0. The topological polar surface area (TPSA) is 64.6 Å². The standard InChI is InChI=1S/C19H21NO4S/c1-19(2,3)24-17(21)16(12-15-10-7-11-25-15)20-18(22)23-13-14-8-5-4-6-9-14/h4-12H,13H2,1-3H3,(H,20,22)/b16-12-. The second-order valence-corrected chi connectivity index (χ2v) is 7.24. The number of hydrogen-bond acceptors (Lipinski definition) is 5. The fraction of sp³-hybridized carbons (Fsp3) is 0.263. The van der Waals surface area contributed by atoms with Gasteiger partial charge in [-0.25, -0.2) is 9.59 Å². The molecular formula is C19H21NO4S. The minimum atomic E-state index is -0.711. The van der Waals surface area contributed by atoms with Crippen LogP contribution in [-0.4, -0.2) is 17.7 Å². The van der Waals surface area contributed by atoms with E-state index in [0.29, 0.717) is 0 Å². The summed E-state index contributed by atoms with van der Waals surface area (Å²) in [4.78, 5) is 25.2. The molecule has 132 valence electrons. The van der Waals surface area contributed by atoms with Crippen molar-refractivity contribution in [1.29, 1.82) is 0 Å². The van der Waals surface area contributed by atoms with E-state index in [0.717, 1.165) is 10.4 Å². The van der Waals surface area contributed by atoms with Crippen LogP contribution in [0.5, 0.6) is 0 Å². The third kappa shape index (κ3) is 6.81. The van der Waals surface area contributed by atoms with Gasteiger partial charge in [0.05, 0.1) is 0 Å². The van der Waals surface area contributed by atoms with Crippen molar-refractivity contribution < 1.29 is 19.1 Å². The van der Waals surface area contributed by atoms with Crippen molar-refractivity contribution in [3.05, 3.63) is 64.0 Å². The molecule has 1 heterocycles. The van der Waals surface area contributed by atoms with Gasteiger partial charge in [0, 0.05) is 4.88 Å². The molecule has 0 spiro atoms. The molecule has 0 aliphatic heterocycles. The molecule has 0 radical (unpaired) electrons. The molecule has 1 N–H and O–H groups in total. The van der Waals surface area contributed by atoms with Gasteiger partial charge >= 0.3 is 12.1 Å². The number of esters is 1. The smallest absolute Gasteiger partial charge is 0.412 e. The third-order valence-corrected chi connectivity index (χ3v) is 3.72. The van der Waals surface area contributed by atoms with Crippen LogP contribution in [0.4, 0.5) is 4.79 Å². The number of hydrogen-bond donors (Lipinski definition) is 1. The maximum Gasteiger partial charge on any atom is 0.412 e. The monoisotopic (exact) mass is 359 g/mol. The van der Waals surface area contributed by atoms with Gasteiger partial charge in [0.25, 0.3) is 0 Å². The van der Waals surface area contributed by atoms with Crippen LogP contribution in [0, 0.1) is 0 Å². The second kappa shape index (κ2) is 8.48. The Kier molecular flexibility index (Phi) is 6.36. The molecule has 1 aromatic carbocycles. The molecular weight excluding hydrogens is 338 g/mol. The van der Waals surface area contributed by atoms with Crippen molar-refractivity contribution >= 4 is 29.5 Å². The van der Waals surface area contributed by atoms with Crippen LogP contribution in [0.2, 0.25) is 0 Å². The summed E-state index contributed by atoms with van der Waals surface area (Å²) in [6.45, 7) is 5.41. The number of rotatable bonds is 5. The molecule has 6 heteroatoms. The number of nitrogens with one attached hydrogen (secondary N) is 1. The van der Waals surface area contributed by atoms with Crippen LogP contribution in [0.15, 0.2) is 53.5 Å². The van der Waals surface area contributed by atoms with E-state index in [1.165, 1.54) is 11.3 Å². The Labute approximate surface area is 151 Å². The lowest BCUT2D eigenvalue weighted by Gasteiger charge is -2.20. The summed E-state index contributed by atoms with van der Waals surface area (Å²) in [6.07, 6.45) is 0.861. The molecule has 0 atom stereocenters. The van der Waals surface area contributed by atoms with Crippen LogP contribution in [0.3, 0.4) is 0 Å². The number of thiophene rings is 1. The van der Waals surface area contributed by atoms with Crippen molar-refractivity contribution in [3.8, 4) is 0 Å². The van der Waals surface area contributed by atoms with Crippen LogP contribution >= 0.6 is 11.3 Å². The average molecular weight is 359 g/mol. The maximum atomic E-state index is 12.3. The molecule has 0 saturated carbocycles. The molecule has 1 amide bonds. The molecule has 2 rings (SSSR count). The Morgan fingerprint density at radius 1 is 1.12 bits per heavy atom. The average Bonchev–Trinajstić information content (AvgIpc) is 3.05. The molecule has 0 aliphatic rings. The number of carbonyl (C=O) groups excluding carboxylic acids is 2. The largest absolute Gasteiger partial charge is 0.455 e. The predicted molar refractivity (Wildman–Crippen MR) is 97.9 cm³/mol. The maximum absolute atomic E-state index is 12.3. The number of ether oxygens (including phenoxy) is 2. The van der Waals surface area contributed by atoms with E-state index in [-0.39, 0.29) is 12.3 Å². The molecule has 1 aromatic heterocycles. The minimum Gasteiger partial charge on any atom is -0.455 e. The first-order valence-electron chi connectivity index (χ1n) is 7.80. The lowest BCUT2D eigenvalue weighted by atomic mass is 10.2. The van der Waals surface area contributed by atoms with Gasteiger partial charge < -0.3 is 9.47 Å². The van der Waals surface area contributed by atoms with Crippen LogP contribution < -0.4 is 5.32 Å². The normalized spacial score (nSPS) is 11.7. The Morgan fingerprint density at radius 3 is 2.44 bits per heavy atom. The molecule has 0 saturated heterocycles. The lowest BCUT2D eigenvalue weighted by molar-refractivity contribution is -0.150. The van der Waals surface area contributed by atoms with Crippen molar-refractivity contribution in [2.45, 2.75) is 33.0 Å². The second-order valence-electron chi connectivity index (χ2n) is 6.26. The zero-order valence-electron chi connectivity index (χ0n) is 14.4. The summed E-state index contributed by atoms with van der Waals surface area (Å²) < 4.78 is 10.5. The van der Waals surface area contributed by atoms with Crippen molar-refractivity contribution in [2.24, 2.45) is 0 Å². The molecule has 25 heavy (non-hydrogen) atoms. The van der Waals surface area contributed by atoms with Gasteiger partial charge in [-0.2, -0.15) is 0 Å². The van der Waals surface area contributed by atoms with Crippen molar-refractivity contribution in [3.63, 3.8) is 0 Å². The minimum absolute atomic E-state index is 0.0374. The van der Waals surface area contributed by atoms with Gasteiger partial charge in [0.1, 0.15) is 17.9 Å². The van der Waals surface area contributed by atoms with E-state index in [2.05, 4.69) is 5.32 Å². The predicted octanol–water partition coefficient (Wildman–Crippen LogP) is 4.36. The van der Waals surface area contributed by atoms with Gasteiger partial charge in [-0.1, -0.05) is 36.4 Å². The van der Waals surface area contributed by atoms with E-state index in [9.17, 15) is 9.59 Å². The molecule has 0 unspecified atom stereocenters. The number of alkyl carbamates (subject to hydrolysis) is 1. The summed E-state index contributed by atoms with van der Waals surface area (Å²) in [5.74, 6) is -0.613. The first kappa shape index (κ1) is 18.7. The molecule has 5 nitrogen and oxygen atoms in total. The van der Waals surface area contributed by atoms with Gasteiger partial charge in [-0.15, -0.1) is 11.3 Å². The Morgan fingerprint density at radius 2 is 1.84 bits per heavy atom. The fourth-order valence-corrected chi connectivity index (χ4v) is 2.52. The Balaban J connectivity index is 2.05. The highest BCUT2D eigenvalue weighted by Crippen LogP contribution is 2.16. The van der Waals surface area contributed by atoms with E-state index >= 15 is 0 Å². The van der Waals surface area contributed by atoms with Crippen molar-refractivity contribution in [1.82, 2.24) is 5.32 Å². The molecule has 0 aliphatic carbocycles. The van der Waals surface area contributed by atoms with E-state index < -0.39 is 17.7 Å². The lowest BCUT2D eigenvalue weighted by Crippen LogP contribution is -2.33. The van der Waals surface area contributed by atoms with Gasteiger partial charge in [-0.05, 0) is 43.9 Å². The highest BCUT2D eigenvalue weighted by atomic mass is 32.1. The Bertz CT molecular complexity index is 731. The summed E-state index contributed by atoms with van der Waals surface area (Å²) in [5.41, 5.74) is 0.232. The van der Waals surface area contributed by atoms with Gasteiger partial charge in [-0.3, -0.25) is 5.32 Å². The van der Waals surface area contributed by atoms with E-state index in [4.69, 9.17) is 9.47 Å². The zero-order chi connectivity index (χ0) is 18.3. The molecule has 2 aromatic rings. The number of amides is 1.